The molecule has 0 amide bonds. The van der Waals surface area contributed by atoms with E-state index in [9.17, 15) is 0 Å². The summed E-state index contributed by atoms with van der Waals surface area (Å²) in [5.74, 6) is 0. The van der Waals surface area contributed by atoms with Crippen LogP contribution in [0, 0.1) is 6.92 Å². The first-order valence-corrected chi connectivity index (χ1v) is 11.8. The van der Waals surface area contributed by atoms with Gasteiger partial charge < -0.3 is 4.40 Å². The van der Waals surface area contributed by atoms with Crippen molar-refractivity contribution in [2.75, 3.05) is 0 Å². The third-order valence-corrected chi connectivity index (χ3v) is 7.59. The van der Waals surface area contributed by atoms with Gasteiger partial charge in [-0.3, -0.25) is 0 Å². The summed E-state index contributed by atoms with van der Waals surface area (Å²) in [6.45, 7) is 9.20. The molecule has 4 aromatic carbocycles. The van der Waals surface area contributed by atoms with Crippen LogP contribution in [0.4, 0.5) is 0 Å². The summed E-state index contributed by atoms with van der Waals surface area (Å²) in [7, 11) is 2.19. The molecular weight excluding hydrogens is 400 g/mol. The normalized spacial score (nSPS) is 13.0. The second-order valence-electron chi connectivity index (χ2n) is 10.6. The maximum absolute atomic E-state index is 2.53. The van der Waals surface area contributed by atoms with Crippen LogP contribution in [0.5, 0.6) is 0 Å². The summed E-state index contributed by atoms with van der Waals surface area (Å²) >= 11 is 0. The van der Waals surface area contributed by atoms with Gasteiger partial charge in [-0.15, -0.1) is 0 Å². The van der Waals surface area contributed by atoms with E-state index in [1.54, 1.807) is 0 Å². The number of nitrogens with zero attached hydrogens (tertiary/aromatic N) is 2. The van der Waals surface area contributed by atoms with Crippen LogP contribution in [-0.4, -0.2) is 4.40 Å². The molecule has 33 heavy (non-hydrogen) atoms. The van der Waals surface area contributed by atoms with Gasteiger partial charge in [0.25, 0.3) is 0 Å². The zero-order valence-corrected chi connectivity index (χ0v) is 19.8. The van der Waals surface area contributed by atoms with Crippen LogP contribution in [0.2, 0.25) is 0 Å². The maximum Gasteiger partial charge on any atom is 0.224 e. The number of pyridine rings is 2. The molecule has 0 fully saturated rings. The van der Waals surface area contributed by atoms with E-state index in [0.717, 1.165) is 0 Å². The summed E-state index contributed by atoms with van der Waals surface area (Å²) in [5.41, 5.74) is 8.03. The van der Waals surface area contributed by atoms with Crippen LogP contribution >= 0.6 is 0 Å². The maximum atomic E-state index is 2.53. The number of aromatic nitrogens is 2. The van der Waals surface area contributed by atoms with E-state index < -0.39 is 0 Å². The fourth-order valence-electron chi connectivity index (χ4n) is 6.14. The van der Waals surface area contributed by atoms with Gasteiger partial charge in [0.1, 0.15) is 7.05 Å². The Bertz CT molecular complexity index is 1910. The SMILES string of the molecule is Cc1ccc2c3ccccc3n3c4cc5c(C(C)(C)C)cccc5c5cc[n+](C)c(c1c23)c54. The summed E-state index contributed by atoms with van der Waals surface area (Å²) in [6.07, 6.45) is 2.24. The van der Waals surface area contributed by atoms with E-state index in [1.165, 1.54) is 70.9 Å². The molecule has 3 heterocycles. The Kier molecular flexibility index (Phi) is 3.44. The Morgan fingerprint density at radius 3 is 2.30 bits per heavy atom. The zero-order valence-electron chi connectivity index (χ0n) is 19.8. The molecule has 0 unspecified atom stereocenters. The van der Waals surface area contributed by atoms with Crippen LogP contribution in [0.1, 0.15) is 31.9 Å². The van der Waals surface area contributed by atoms with Gasteiger partial charge in [-0.25, -0.2) is 4.57 Å². The van der Waals surface area contributed by atoms with Crippen molar-refractivity contribution in [1.82, 2.24) is 4.40 Å². The molecule has 0 aliphatic rings. The van der Waals surface area contributed by atoms with Crippen LogP contribution in [0.25, 0.3) is 59.8 Å². The van der Waals surface area contributed by atoms with Gasteiger partial charge in [-0.2, -0.15) is 0 Å². The van der Waals surface area contributed by atoms with Gasteiger partial charge in [-0.1, -0.05) is 69.3 Å². The number of aryl methyl sites for hydroxylation is 2. The van der Waals surface area contributed by atoms with Crippen molar-refractivity contribution in [2.45, 2.75) is 33.1 Å². The van der Waals surface area contributed by atoms with E-state index in [1.807, 2.05) is 0 Å². The molecule has 2 heteroatoms. The predicted molar refractivity (Wildman–Crippen MR) is 141 cm³/mol. The lowest BCUT2D eigenvalue weighted by Gasteiger charge is -2.23. The third kappa shape index (κ3) is 2.26. The van der Waals surface area contributed by atoms with E-state index in [-0.39, 0.29) is 5.41 Å². The van der Waals surface area contributed by atoms with E-state index in [4.69, 9.17) is 0 Å². The van der Waals surface area contributed by atoms with Crippen molar-refractivity contribution in [2.24, 2.45) is 7.05 Å². The Hall–Kier alpha value is -3.65. The van der Waals surface area contributed by atoms with Crippen LogP contribution in [-0.2, 0) is 12.5 Å². The van der Waals surface area contributed by atoms with Gasteiger partial charge >= 0.3 is 0 Å². The molecule has 0 atom stereocenters. The quantitative estimate of drug-likeness (QED) is 0.134. The second-order valence-corrected chi connectivity index (χ2v) is 10.6. The van der Waals surface area contributed by atoms with Crippen molar-refractivity contribution in [3.63, 3.8) is 0 Å². The van der Waals surface area contributed by atoms with Gasteiger partial charge in [0.05, 0.1) is 27.3 Å². The molecular formula is C31H27N2+. The molecule has 2 nitrogen and oxygen atoms in total. The largest absolute Gasteiger partial charge is 0.307 e. The summed E-state index contributed by atoms with van der Waals surface area (Å²) in [6, 6.07) is 25.0. The minimum atomic E-state index is 0.0689. The number of hydrogen-bond acceptors (Lipinski definition) is 0. The van der Waals surface area contributed by atoms with Gasteiger partial charge in [0, 0.05) is 22.2 Å². The van der Waals surface area contributed by atoms with Crippen LogP contribution in [0.3, 0.4) is 0 Å². The fraction of sp³-hybridized carbons (Fsp3) is 0.194. The number of para-hydroxylation sites is 1. The van der Waals surface area contributed by atoms with E-state index >= 15 is 0 Å². The average Bonchev–Trinajstić information content (AvgIpc) is 3.13. The standard InChI is InChI=1S/C31H27N2/c1-18-13-14-22-20-9-6-7-12-25(20)33-26-17-23-19(10-8-11-24(23)31(2,3)4)21-15-16-32(5)30(28(21)26)27(18)29(22)33/h6-17H,1-5H3/q+1. The van der Waals surface area contributed by atoms with Crippen molar-refractivity contribution >= 4 is 59.8 Å². The number of benzene rings is 4. The molecule has 3 aromatic heterocycles. The second kappa shape index (κ2) is 6.02. The van der Waals surface area contributed by atoms with Crippen molar-refractivity contribution in [3.8, 4) is 0 Å². The first-order chi connectivity index (χ1) is 15.9. The molecule has 0 aliphatic heterocycles. The number of fused-ring (bicyclic) bond motifs is 7. The Morgan fingerprint density at radius 1 is 0.697 bits per heavy atom. The molecule has 0 aliphatic carbocycles. The summed E-state index contributed by atoms with van der Waals surface area (Å²) in [5, 5.41) is 9.39. The molecule has 0 saturated carbocycles. The van der Waals surface area contributed by atoms with Gasteiger partial charge in [0.2, 0.25) is 5.52 Å². The van der Waals surface area contributed by atoms with Crippen LogP contribution in [0.15, 0.2) is 72.9 Å². The molecule has 0 spiro atoms. The molecule has 0 saturated heterocycles. The molecule has 0 N–H and O–H groups in total. The van der Waals surface area contributed by atoms with Crippen molar-refractivity contribution in [1.29, 1.82) is 0 Å². The first kappa shape index (κ1) is 18.9. The molecule has 7 rings (SSSR count). The molecule has 160 valence electrons. The Labute approximate surface area is 193 Å². The lowest BCUT2D eigenvalue weighted by atomic mass is 9.82. The van der Waals surface area contributed by atoms with Gasteiger partial charge in [-0.05, 0) is 46.4 Å². The minimum Gasteiger partial charge on any atom is -0.307 e. The summed E-state index contributed by atoms with van der Waals surface area (Å²) < 4.78 is 4.84. The lowest BCUT2D eigenvalue weighted by Crippen LogP contribution is -2.29. The highest BCUT2D eigenvalue weighted by Gasteiger charge is 2.26. The fourth-order valence-corrected chi connectivity index (χ4v) is 6.14. The Morgan fingerprint density at radius 2 is 1.48 bits per heavy atom. The average molecular weight is 428 g/mol. The zero-order chi connectivity index (χ0) is 22.6. The molecule has 0 radical (unpaired) electrons. The highest BCUT2D eigenvalue weighted by Crippen LogP contribution is 2.43. The lowest BCUT2D eigenvalue weighted by molar-refractivity contribution is -0.643. The molecule has 7 aromatic rings. The van der Waals surface area contributed by atoms with Gasteiger partial charge in [0.15, 0.2) is 6.20 Å². The third-order valence-electron chi connectivity index (χ3n) is 7.59. The van der Waals surface area contributed by atoms with E-state index in [2.05, 4.69) is 117 Å². The minimum absolute atomic E-state index is 0.0689. The monoisotopic (exact) mass is 427 g/mol. The topological polar surface area (TPSA) is 8.29 Å². The summed E-state index contributed by atoms with van der Waals surface area (Å²) in [4.78, 5) is 0. The molecule has 0 bridgehead atoms. The van der Waals surface area contributed by atoms with E-state index in [0.29, 0.717) is 0 Å². The highest BCUT2D eigenvalue weighted by molar-refractivity contribution is 6.29. The number of hydrogen-bond donors (Lipinski definition) is 0. The first-order valence-electron chi connectivity index (χ1n) is 11.8. The highest BCUT2D eigenvalue weighted by atomic mass is 15.0. The Balaban J connectivity index is 1.93. The van der Waals surface area contributed by atoms with Crippen molar-refractivity contribution in [3.05, 3.63) is 84.1 Å². The number of rotatable bonds is 0. The predicted octanol–water partition coefficient (Wildman–Crippen LogP) is 7.57. The smallest absolute Gasteiger partial charge is 0.224 e. The van der Waals surface area contributed by atoms with Crippen LogP contribution < -0.4 is 4.57 Å². The van der Waals surface area contributed by atoms with Crippen molar-refractivity contribution < 1.29 is 4.57 Å².